The van der Waals surface area contributed by atoms with Crippen LogP contribution in [0.2, 0.25) is 0 Å². The number of thioether (sulfide) groups is 2. The molecule has 1 aromatic carbocycles. The fourth-order valence-electron chi connectivity index (χ4n) is 1.64. The second-order valence-electron chi connectivity index (χ2n) is 3.87. The van der Waals surface area contributed by atoms with Crippen molar-refractivity contribution in [3.05, 3.63) is 34.1 Å². The molecule has 18 heavy (non-hydrogen) atoms. The van der Waals surface area contributed by atoms with E-state index in [-0.39, 0.29) is 5.69 Å². The van der Waals surface area contributed by atoms with Crippen molar-refractivity contribution in [1.82, 2.24) is 0 Å². The van der Waals surface area contributed by atoms with Gasteiger partial charge in [-0.3, -0.25) is 10.1 Å². The molecule has 4 nitrogen and oxygen atoms in total. The summed E-state index contributed by atoms with van der Waals surface area (Å²) in [6.07, 6.45) is 0. The van der Waals surface area contributed by atoms with Crippen molar-refractivity contribution in [2.24, 2.45) is 0 Å². The van der Waals surface area contributed by atoms with Gasteiger partial charge in [0.2, 0.25) is 0 Å². The fraction of sp³-hybridized carbons (Fsp3) is 0.455. The van der Waals surface area contributed by atoms with Crippen molar-refractivity contribution in [3.63, 3.8) is 0 Å². The van der Waals surface area contributed by atoms with Gasteiger partial charge in [0.05, 0.1) is 16.7 Å². The van der Waals surface area contributed by atoms with E-state index in [1.54, 1.807) is 0 Å². The molecule has 1 heterocycles. The minimum atomic E-state index is -0.597. The molecule has 0 aliphatic carbocycles. The summed E-state index contributed by atoms with van der Waals surface area (Å²) in [5.41, 5.74) is 0.109. The normalized spacial score (nSPS) is 19.5. The number of hydrogen-bond donors (Lipinski definition) is 1. The molecule has 1 saturated heterocycles. The summed E-state index contributed by atoms with van der Waals surface area (Å²) in [5.74, 6) is 2.79. The van der Waals surface area contributed by atoms with Gasteiger partial charge in [-0.15, -0.1) is 0 Å². The highest BCUT2D eigenvalue weighted by Gasteiger charge is 2.15. The van der Waals surface area contributed by atoms with Crippen LogP contribution >= 0.6 is 23.5 Å². The molecule has 2 rings (SSSR count). The minimum Gasteiger partial charge on any atom is -0.382 e. The van der Waals surface area contributed by atoms with Crippen LogP contribution in [-0.4, -0.2) is 34.0 Å². The summed E-state index contributed by atoms with van der Waals surface area (Å²) < 4.78 is 13.6. The Morgan fingerprint density at radius 3 is 2.94 bits per heavy atom. The first-order valence-corrected chi connectivity index (χ1v) is 7.74. The van der Waals surface area contributed by atoms with Gasteiger partial charge in [0.25, 0.3) is 5.69 Å². The lowest BCUT2D eigenvalue weighted by Crippen LogP contribution is -2.23. The summed E-state index contributed by atoms with van der Waals surface area (Å²) >= 11 is 3.79. The van der Waals surface area contributed by atoms with Gasteiger partial charge in [-0.1, -0.05) is 0 Å². The smallest absolute Gasteiger partial charge is 0.272 e. The average molecular weight is 288 g/mol. The van der Waals surface area contributed by atoms with Crippen LogP contribution < -0.4 is 5.32 Å². The molecule has 1 fully saturated rings. The lowest BCUT2D eigenvalue weighted by molar-refractivity contribution is -0.385. The van der Waals surface area contributed by atoms with Crippen LogP contribution in [-0.2, 0) is 0 Å². The van der Waals surface area contributed by atoms with Crippen molar-refractivity contribution in [1.29, 1.82) is 0 Å². The van der Waals surface area contributed by atoms with Crippen LogP contribution in [0.5, 0.6) is 0 Å². The fourth-order valence-corrected chi connectivity index (χ4v) is 4.25. The van der Waals surface area contributed by atoms with Gasteiger partial charge in [-0.25, -0.2) is 4.39 Å². The maximum Gasteiger partial charge on any atom is 0.272 e. The number of hydrogen-bond acceptors (Lipinski definition) is 5. The zero-order valence-electron chi connectivity index (χ0n) is 9.60. The van der Waals surface area contributed by atoms with Crippen LogP contribution in [0, 0.1) is 15.9 Å². The summed E-state index contributed by atoms with van der Waals surface area (Å²) in [5, 5.41) is 14.0. The van der Waals surface area contributed by atoms with E-state index in [9.17, 15) is 14.5 Å². The number of nitrogens with one attached hydrogen (secondary N) is 1. The van der Waals surface area contributed by atoms with Gasteiger partial charge >= 0.3 is 0 Å². The SMILES string of the molecule is O=[N+]([O-])c1ccc(NCC2CSCCS2)c(F)c1. The molecule has 1 unspecified atom stereocenters. The topological polar surface area (TPSA) is 55.2 Å². The molecular formula is C11H13FN2O2S2. The van der Waals surface area contributed by atoms with Crippen molar-refractivity contribution in [3.8, 4) is 0 Å². The molecule has 98 valence electrons. The summed E-state index contributed by atoms with van der Waals surface area (Å²) in [4.78, 5) is 9.89. The van der Waals surface area contributed by atoms with Crippen LogP contribution in [0.4, 0.5) is 15.8 Å². The maximum absolute atomic E-state index is 13.6. The Hall–Kier alpha value is -0.950. The number of anilines is 1. The van der Waals surface area contributed by atoms with E-state index in [1.165, 1.54) is 17.9 Å². The number of non-ortho nitro benzene ring substituents is 1. The van der Waals surface area contributed by atoms with Gasteiger partial charge in [-0.2, -0.15) is 23.5 Å². The predicted molar refractivity (Wildman–Crippen MR) is 75.1 cm³/mol. The molecular weight excluding hydrogens is 275 g/mol. The lowest BCUT2D eigenvalue weighted by Gasteiger charge is -2.21. The minimum absolute atomic E-state index is 0.222. The van der Waals surface area contributed by atoms with E-state index >= 15 is 0 Å². The molecule has 1 aliphatic heterocycles. The van der Waals surface area contributed by atoms with Gasteiger partial charge in [-0.05, 0) is 6.07 Å². The second-order valence-corrected chi connectivity index (χ2v) is 6.43. The van der Waals surface area contributed by atoms with Crippen LogP contribution in [0.3, 0.4) is 0 Å². The third kappa shape index (κ3) is 3.52. The van der Waals surface area contributed by atoms with Gasteiger partial charge < -0.3 is 5.32 Å². The Balaban J connectivity index is 1.94. The molecule has 1 atom stereocenters. The summed E-state index contributed by atoms with van der Waals surface area (Å²) in [7, 11) is 0. The Labute approximate surface area is 113 Å². The predicted octanol–water partition coefficient (Wildman–Crippen LogP) is 2.99. The molecule has 1 N–H and O–H groups in total. The van der Waals surface area contributed by atoms with Crippen molar-refractivity contribution < 1.29 is 9.31 Å². The summed E-state index contributed by atoms with van der Waals surface area (Å²) in [6, 6.07) is 3.69. The van der Waals surface area contributed by atoms with Crippen molar-refractivity contribution in [2.75, 3.05) is 29.1 Å². The number of halogens is 1. The van der Waals surface area contributed by atoms with Gasteiger partial charge in [0.1, 0.15) is 0 Å². The number of rotatable bonds is 4. The number of nitrogens with zero attached hydrogens (tertiary/aromatic N) is 1. The summed E-state index contributed by atoms with van der Waals surface area (Å²) in [6.45, 7) is 0.687. The third-order valence-corrected chi connectivity index (χ3v) is 5.41. The molecule has 0 saturated carbocycles. The van der Waals surface area contributed by atoms with E-state index in [1.807, 2.05) is 23.5 Å². The van der Waals surface area contributed by atoms with E-state index in [4.69, 9.17) is 0 Å². The quantitative estimate of drug-likeness (QED) is 0.682. The zero-order chi connectivity index (χ0) is 13.0. The lowest BCUT2D eigenvalue weighted by atomic mass is 10.2. The number of nitro groups is 1. The van der Waals surface area contributed by atoms with Crippen LogP contribution in [0.15, 0.2) is 18.2 Å². The average Bonchev–Trinajstić information content (AvgIpc) is 2.38. The first-order valence-electron chi connectivity index (χ1n) is 5.54. The highest BCUT2D eigenvalue weighted by atomic mass is 32.2. The molecule has 1 aromatic rings. The van der Waals surface area contributed by atoms with Crippen molar-refractivity contribution in [2.45, 2.75) is 5.25 Å². The van der Waals surface area contributed by atoms with Gasteiger partial charge in [0, 0.05) is 35.1 Å². The maximum atomic E-state index is 13.6. The molecule has 0 spiro atoms. The number of nitro benzene ring substituents is 1. The van der Waals surface area contributed by atoms with E-state index < -0.39 is 10.7 Å². The number of benzene rings is 1. The first-order chi connectivity index (χ1) is 8.66. The van der Waals surface area contributed by atoms with Crippen LogP contribution in [0.1, 0.15) is 0 Å². The first kappa shape index (κ1) is 13.5. The van der Waals surface area contributed by atoms with Gasteiger partial charge in [0.15, 0.2) is 5.82 Å². The third-order valence-electron chi connectivity index (χ3n) is 2.57. The molecule has 7 heteroatoms. The zero-order valence-corrected chi connectivity index (χ0v) is 11.2. The second kappa shape index (κ2) is 6.29. The Bertz CT molecular complexity index is 439. The highest BCUT2D eigenvalue weighted by Crippen LogP contribution is 2.25. The van der Waals surface area contributed by atoms with Crippen LogP contribution in [0.25, 0.3) is 0 Å². The standard InChI is InChI=1S/C11H13FN2O2S2/c12-10-5-8(14(15)16)1-2-11(10)13-6-9-7-17-3-4-18-9/h1-2,5,9,13H,3-4,6-7H2. The van der Waals surface area contributed by atoms with E-state index in [2.05, 4.69) is 5.32 Å². The molecule has 0 bridgehead atoms. The molecule has 0 aromatic heterocycles. The molecule has 0 amide bonds. The van der Waals surface area contributed by atoms with E-state index in [0.717, 1.165) is 17.6 Å². The Morgan fingerprint density at radius 1 is 1.50 bits per heavy atom. The largest absolute Gasteiger partial charge is 0.382 e. The molecule has 0 radical (unpaired) electrons. The molecule has 1 aliphatic rings. The van der Waals surface area contributed by atoms with E-state index in [0.29, 0.717) is 17.5 Å². The van der Waals surface area contributed by atoms with Crippen molar-refractivity contribution >= 4 is 34.9 Å². The Kier molecular flexibility index (Phi) is 4.71. The Morgan fingerprint density at radius 2 is 2.33 bits per heavy atom. The highest BCUT2D eigenvalue weighted by molar-refractivity contribution is 8.06. The monoisotopic (exact) mass is 288 g/mol.